The first kappa shape index (κ1) is 19.8. The summed E-state index contributed by atoms with van der Waals surface area (Å²) in [5, 5.41) is 2.72. The van der Waals surface area contributed by atoms with Crippen LogP contribution in [0.25, 0.3) is 22.6 Å². The molecule has 0 aliphatic heterocycles. The van der Waals surface area contributed by atoms with E-state index >= 15 is 0 Å². The smallest absolute Gasteiger partial charge is 0.257 e. The lowest BCUT2D eigenvalue weighted by Crippen LogP contribution is -2.18. The molecule has 0 aliphatic carbocycles. The molecular formula is C21H23N3O3. The summed E-state index contributed by atoms with van der Waals surface area (Å²) in [6.07, 6.45) is 3.32. The molecule has 140 valence electrons. The van der Waals surface area contributed by atoms with Gasteiger partial charge in [0.1, 0.15) is 11.3 Å². The van der Waals surface area contributed by atoms with E-state index in [-0.39, 0.29) is 5.91 Å². The third kappa shape index (κ3) is 4.76. The molecule has 0 fully saturated rings. The fourth-order valence-electron chi connectivity index (χ4n) is 2.34. The Balaban J connectivity index is 0.00000126. The number of rotatable bonds is 5. The third-order valence-electron chi connectivity index (χ3n) is 3.56. The molecule has 2 aromatic carbocycles. The van der Waals surface area contributed by atoms with Gasteiger partial charge in [-0.1, -0.05) is 18.2 Å². The van der Waals surface area contributed by atoms with Crippen molar-refractivity contribution in [2.24, 2.45) is 0 Å². The van der Waals surface area contributed by atoms with Crippen molar-refractivity contribution in [3.8, 4) is 17.2 Å². The molecule has 6 heteroatoms. The number of aromatic nitrogens is 1. The Hall–Kier alpha value is -3.54. The van der Waals surface area contributed by atoms with Gasteiger partial charge in [-0.2, -0.15) is 0 Å². The topological polar surface area (TPSA) is 67.6 Å². The van der Waals surface area contributed by atoms with E-state index in [2.05, 4.69) is 23.5 Å². The number of oxazole rings is 1. The highest BCUT2D eigenvalue weighted by molar-refractivity contribution is 6.05. The average molecular weight is 365 g/mol. The lowest BCUT2D eigenvalue weighted by molar-refractivity contribution is 0.0971. The number of nitrogens with zero attached hydrogens (tertiary/aromatic N) is 2. The first-order valence-corrected chi connectivity index (χ1v) is 8.26. The van der Waals surface area contributed by atoms with Crippen LogP contribution in [-0.4, -0.2) is 37.0 Å². The number of ether oxygens (including phenoxy) is 1. The van der Waals surface area contributed by atoms with Gasteiger partial charge in [-0.3, -0.25) is 4.79 Å². The molecule has 1 aromatic heterocycles. The van der Waals surface area contributed by atoms with Gasteiger partial charge in [-0.25, -0.2) is 4.98 Å². The number of nitrogens with one attached hydrogen (secondary N) is 1. The molecule has 0 atom stereocenters. The minimum atomic E-state index is -0.282. The largest absolute Gasteiger partial charge is 0.497 e. The number of carbonyl (C=O) groups excluding carboxylic acids is 1. The second-order valence-corrected chi connectivity index (χ2v) is 5.66. The van der Waals surface area contributed by atoms with Crippen LogP contribution in [0, 0.1) is 0 Å². The highest BCUT2D eigenvalue weighted by Gasteiger charge is 2.18. The van der Waals surface area contributed by atoms with Crippen LogP contribution >= 0.6 is 0 Å². The van der Waals surface area contributed by atoms with E-state index in [1.165, 1.54) is 0 Å². The van der Waals surface area contributed by atoms with Gasteiger partial charge in [-0.05, 0) is 18.2 Å². The Labute approximate surface area is 158 Å². The summed E-state index contributed by atoms with van der Waals surface area (Å²) in [7, 11) is 5.29. The van der Waals surface area contributed by atoms with Crippen molar-refractivity contribution >= 4 is 17.0 Å². The Morgan fingerprint density at radius 2 is 1.93 bits per heavy atom. The molecular weight excluding hydrogens is 342 g/mol. The van der Waals surface area contributed by atoms with Gasteiger partial charge in [0.2, 0.25) is 5.89 Å². The van der Waals surface area contributed by atoms with Crippen LogP contribution < -0.4 is 10.1 Å². The first-order valence-electron chi connectivity index (χ1n) is 8.26. The Kier molecular flexibility index (Phi) is 6.77. The van der Waals surface area contributed by atoms with Gasteiger partial charge in [-0.15, -0.1) is 13.2 Å². The summed E-state index contributed by atoms with van der Waals surface area (Å²) in [6.45, 7) is 6.00. The van der Waals surface area contributed by atoms with Gasteiger partial charge < -0.3 is 19.4 Å². The zero-order valence-corrected chi connectivity index (χ0v) is 15.7. The Morgan fingerprint density at radius 1 is 1.22 bits per heavy atom. The average Bonchev–Trinajstić information content (AvgIpc) is 3.13. The second kappa shape index (κ2) is 9.24. The van der Waals surface area contributed by atoms with E-state index in [1.54, 1.807) is 31.6 Å². The molecule has 0 bridgehead atoms. The molecule has 1 N–H and O–H groups in total. The minimum Gasteiger partial charge on any atom is -0.497 e. The van der Waals surface area contributed by atoms with Gasteiger partial charge in [0.05, 0.1) is 12.7 Å². The zero-order valence-electron chi connectivity index (χ0n) is 15.7. The van der Waals surface area contributed by atoms with E-state index in [4.69, 9.17) is 9.15 Å². The standard InChI is InChI=1S/C19H19N3O3.C2H4/c1-22(2)10-9-20-18(23)15-11-14(24-3)12-16-17(15)21-19(25-16)13-7-5-4-6-8-13;1-2/h4-12H,1-3H3,(H,20,23);1-2H2. The lowest BCUT2D eigenvalue weighted by Gasteiger charge is -2.06. The highest BCUT2D eigenvalue weighted by Crippen LogP contribution is 2.30. The second-order valence-electron chi connectivity index (χ2n) is 5.66. The summed E-state index contributed by atoms with van der Waals surface area (Å²) < 4.78 is 11.1. The summed E-state index contributed by atoms with van der Waals surface area (Å²) in [5.41, 5.74) is 2.23. The quantitative estimate of drug-likeness (QED) is 0.691. The molecule has 1 heterocycles. The molecule has 3 rings (SSSR count). The maximum absolute atomic E-state index is 12.5. The first-order chi connectivity index (χ1) is 13.1. The normalized spacial score (nSPS) is 10.3. The van der Waals surface area contributed by atoms with Gasteiger partial charge in [0, 0.05) is 38.1 Å². The molecule has 6 nitrogen and oxygen atoms in total. The van der Waals surface area contributed by atoms with Crippen LogP contribution in [0.1, 0.15) is 10.4 Å². The van der Waals surface area contributed by atoms with Crippen LogP contribution in [0.5, 0.6) is 5.75 Å². The van der Waals surface area contributed by atoms with Crippen molar-refractivity contribution in [1.82, 2.24) is 15.2 Å². The summed E-state index contributed by atoms with van der Waals surface area (Å²) in [5.74, 6) is 0.710. The third-order valence-corrected chi connectivity index (χ3v) is 3.56. The van der Waals surface area contributed by atoms with Crippen molar-refractivity contribution in [1.29, 1.82) is 0 Å². The molecule has 0 aliphatic rings. The molecule has 0 saturated carbocycles. The number of benzene rings is 2. The number of hydrogen-bond donors (Lipinski definition) is 1. The lowest BCUT2D eigenvalue weighted by atomic mass is 10.1. The summed E-state index contributed by atoms with van der Waals surface area (Å²) in [4.78, 5) is 18.9. The molecule has 0 unspecified atom stereocenters. The van der Waals surface area contributed by atoms with E-state index in [9.17, 15) is 4.79 Å². The van der Waals surface area contributed by atoms with Gasteiger partial charge in [0.25, 0.3) is 5.91 Å². The minimum absolute atomic E-state index is 0.282. The van der Waals surface area contributed by atoms with Gasteiger partial charge in [0.15, 0.2) is 5.58 Å². The number of amides is 1. The summed E-state index contributed by atoms with van der Waals surface area (Å²) in [6, 6.07) is 12.9. The van der Waals surface area contributed by atoms with E-state index < -0.39 is 0 Å². The van der Waals surface area contributed by atoms with Crippen LogP contribution in [0.15, 0.2) is 72.4 Å². The molecule has 0 spiro atoms. The number of fused-ring (bicyclic) bond motifs is 1. The number of hydrogen-bond acceptors (Lipinski definition) is 5. The Bertz CT molecular complexity index is 930. The van der Waals surface area contributed by atoms with E-state index in [1.807, 2.05) is 49.3 Å². The van der Waals surface area contributed by atoms with Crippen molar-refractivity contribution in [2.45, 2.75) is 0 Å². The maximum Gasteiger partial charge on any atom is 0.257 e. The summed E-state index contributed by atoms with van der Waals surface area (Å²) >= 11 is 0. The molecule has 1 amide bonds. The monoisotopic (exact) mass is 365 g/mol. The van der Waals surface area contributed by atoms with Crippen LogP contribution in [0.4, 0.5) is 0 Å². The fourth-order valence-corrected chi connectivity index (χ4v) is 2.34. The van der Waals surface area contributed by atoms with Crippen LogP contribution in [0.3, 0.4) is 0 Å². The van der Waals surface area contributed by atoms with Crippen molar-refractivity contribution in [3.05, 3.63) is 73.6 Å². The number of methoxy groups -OCH3 is 1. The van der Waals surface area contributed by atoms with Crippen molar-refractivity contribution in [2.75, 3.05) is 21.2 Å². The Morgan fingerprint density at radius 3 is 2.56 bits per heavy atom. The maximum atomic E-state index is 12.5. The zero-order chi connectivity index (χ0) is 19.8. The van der Waals surface area contributed by atoms with Crippen molar-refractivity contribution in [3.63, 3.8) is 0 Å². The predicted molar refractivity (Wildman–Crippen MR) is 108 cm³/mol. The van der Waals surface area contributed by atoms with Crippen LogP contribution in [0.2, 0.25) is 0 Å². The molecule has 3 aromatic rings. The number of carbonyl (C=O) groups is 1. The fraction of sp³-hybridized carbons (Fsp3) is 0.143. The predicted octanol–water partition coefficient (Wildman–Crippen LogP) is 4.07. The molecule has 27 heavy (non-hydrogen) atoms. The van der Waals surface area contributed by atoms with Gasteiger partial charge >= 0.3 is 0 Å². The van der Waals surface area contributed by atoms with Crippen molar-refractivity contribution < 1.29 is 13.9 Å². The molecule has 0 saturated heterocycles. The van der Waals surface area contributed by atoms with E-state index in [0.29, 0.717) is 28.3 Å². The SMILES string of the molecule is C=C.COc1cc(C(=O)NC=CN(C)C)c2nc(-c3ccccc3)oc2c1. The molecule has 0 radical (unpaired) electrons. The highest BCUT2D eigenvalue weighted by atomic mass is 16.5. The van der Waals surface area contributed by atoms with Crippen LogP contribution in [-0.2, 0) is 0 Å². The van der Waals surface area contributed by atoms with E-state index in [0.717, 1.165) is 5.56 Å².